The van der Waals surface area contributed by atoms with Crippen molar-refractivity contribution in [3.8, 4) is 0 Å². The van der Waals surface area contributed by atoms with Crippen LogP contribution >= 0.6 is 0 Å². The summed E-state index contributed by atoms with van der Waals surface area (Å²) in [5.41, 5.74) is 0. The first kappa shape index (κ1) is 12.3. The fourth-order valence-corrected chi connectivity index (χ4v) is 1.42. The number of ketones is 1. The van der Waals surface area contributed by atoms with Crippen LogP contribution in [-0.2, 0) is 9.59 Å². The van der Waals surface area contributed by atoms with Crippen molar-refractivity contribution in [3.05, 3.63) is 0 Å². The van der Waals surface area contributed by atoms with Crippen LogP contribution in [0.4, 0.5) is 0 Å². The van der Waals surface area contributed by atoms with Crippen molar-refractivity contribution >= 4 is 12.1 Å². The van der Waals surface area contributed by atoms with Gasteiger partial charge in [-0.2, -0.15) is 0 Å². The Kier molecular flexibility index (Phi) is 7.56. The lowest BCUT2D eigenvalue weighted by Crippen LogP contribution is -2.07. The zero-order valence-electron chi connectivity index (χ0n) is 8.71. The highest BCUT2D eigenvalue weighted by molar-refractivity contribution is 5.78. The molecule has 0 aliphatic heterocycles. The van der Waals surface area contributed by atoms with Gasteiger partial charge in [0.1, 0.15) is 12.1 Å². The molecule has 0 amide bonds. The number of unbranched alkanes of at least 4 members (excludes halogenated alkanes) is 3. The highest BCUT2D eigenvalue weighted by atomic mass is 16.1. The van der Waals surface area contributed by atoms with E-state index < -0.39 is 0 Å². The maximum atomic E-state index is 10.7. The van der Waals surface area contributed by atoms with Gasteiger partial charge in [-0.05, 0) is 13.3 Å². The SMILES string of the molecule is CCCCCCC(C=O)CC(C)=O. The minimum Gasteiger partial charge on any atom is -0.303 e. The minimum absolute atomic E-state index is 0.0330. The Labute approximate surface area is 80.7 Å². The van der Waals surface area contributed by atoms with E-state index in [0.717, 1.165) is 19.1 Å². The maximum Gasteiger partial charge on any atom is 0.130 e. The molecular weight excluding hydrogens is 164 g/mol. The van der Waals surface area contributed by atoms with E-state index in [-0.39, 0.29) is 11.7 Å². The van der Waals surface area contributed by atoms with Gasteiger partial charge >= 0.3 is 0 Å². The Bertz CT molecular complexity index is 152. The number of carbonyl (C=O) groups excluding carboxylic acids is 2. The molecule has 0 N–H and O–H groups in total. The Morgan fingerprint density at radius 2 is 2.00 bits per heavy atom. The molecule has 1 unspecified atom stereocenters. The minimum atomic E-state index is -0.0330. The topological polar surface area (TPSA) is 34.1 Å². The second kappa shape index (κ2) is 7.96. The van der Waals surface area contributed by atoms with Gasteiger partial charge in [0.25, 0.3) is 0 Å². The van der Waals surface area contributed by atoms with Crippen LogP contribution in [0.1, 0.15) is 52.4 Å². The van der Waals surface area contributed by atoms with E-state index >= 15 is 0 Å². The average molecular weight is 184 g/mol. The Morgan fingerprint density at radius 1 is 1.31 bits per heavy atom. The lowest BCUT2D eigenvalue weighted by atomic mass is 9.97. The summed E-state index contributed by atoms with van der Waals surface area (Å²) >= 11 is 0. The molecule has 0 aliphatic rings. The van der Waals surface area contributed by atoms with Crippen LogP contribution < -0.4 is 0 Å². The number of hydrogen-bond donors (Lipinski definition) is 0. The van der Waals surface area contributed by atoms with Gasteiger partial charge in [0.2, 0.25) is 0 Å². The first-order chi connectivity index (χ1) is 6.20. The third-order valence-corrected chi connectivity index (χ3v) is 2.17. The molecule has 2 nitrogen and oxygen atoms in total. The third kappa shape index (κ3) is 7.69. The maximum absolute atomic E-state index is 10.7. The summed E-state index contributed by atoms with van der Waals surface area (Å²) in [7, 11) is 0. The molecule has 0 aromatic rings. The molecule has 0 spiro atoms. The van der Waals surface area contributed by atoms with E-state index in [9.17, 15) is 9.59 Å². The van der Waals surface area contributed by atoms with Crippen molar-refractivity contribution in [2.45, 2.75) is 52.4 Å². The van der Waals surface area contributed by atoms with Gasteiger partial charge in [-0.15, -0.1) is 0 Å². The van der Waals surface area contributed by atoms with Gasteiger partial charge in [-0.1, -0.05) is 32.6 Å². The van der Waals surface area contributed by atoms with Crippen LogP contribution in [0.15, 0.2) is 0 Å². The standard InChI is InChI=1S/C11H20O2/c1-3-4-5-6-7-11(9-12)8-10(2)13/h9,11H,3-8H2,1-2H3. The normalized spacial score (nSPS) is 12.5. The highest BCUT2D eigenvalue weighted by Gasteiger charge is 2.08. The monoisotopic (exact) mass is 184 g/mol. The van der Waals surface area contributed by atoms with Crippen LogP contribution in [-0.4, -0.2) is 12.1 Å². The quantitative estimate of drug-likeness (QED) is 0.429. The molecule has 0 bridgehead atoms. The Morgan fingerprint density at radius 3 is 2.46 bits per heavy atom. The van der Waals surface area contributed by atoms with Crippen LogP contribution in [0.5, 0.6) is 0 Å². The molecule has 76 valence electrons. The van der Waals surface area contributed by atoms with Crippen molar-refractivity contribution in [2.75, 3.05) is 0 Å². The van der Waals surface area contributed by atoms with Crippen LogP contribution in [0.25, 0.3) is 0 Å². The lowest BCUT2D eigenvalue weighted by molar-refractivity contribution is -0.121. The van der Waals surface area contributed by atoms with Gasteiger partial charge in [0.15, 0.2) is 0 Å². The molecule has 13 heavy (non-hydrogen) atoms. The van der Waals surface area contributed by atoms with E-state index in [1.807, 2.05) is 0 Å². The number of hydrogen-bond acceptors (Lipinski definition) is 2. The van der Waals surface area contributed by atoms with Gasteiger partial charge in [0, 0.05) is 12.3 Å². The smallest absolute Gasteiger partial charge is 0.130 e. The van der Waals surface area contributed by atoms with Crippen molar-refractivity contribution in [2.24, 2.45) is 5.92 Å². The molecule has 1 atom stereocenters. The van der Waals surface area contributed by atoms with E-state index in [2.05, 4.69) is 6.92 Å². The average Bonchev–Trinajstić information content (AvgIpc) is 2.09. The summed E-state index contributed by atoms with van der Waals surface area (Å²) in [6.45, 7) is 3.70. The van der Waals surface area contributed by atoms with Gasteiger partial charge in [-0.25, -0.2) is 0 Å². The molecule has 0 heterocycles. The van der Waals surface area contributed by atoms with Crippen LogP contribution in [0.2, 0.25) is 0 Å². The van der Waals surface area contributed by atoms with Crippen molar-refractivity contribution in [3.63, 3.8) is 0 Å². The summed E-state index contributed by atoms with van der Waals surface area (Å²) in [5, 5.41) is 0. The van der Waals surface area contributed by atoms with E-state index in [1.54, 1.807) is 6.92 Å². The molecule has 0 rings (SSSR count). The zero-order chi connectivity index (χ0) is 10.1. The van der Waals surface area contributed by atoms with Crippen molar-refractivity contribution in [1.29, 1.82) is 0 Å². The Hall–Kier alpha value is -0.660. The predicted octanol–water partition coefficient (Wildman–Crippen LogP) is 2.75. The molecule has 0 fully saturated rings. The summed E-state index contributed by atoms with van der Waals surface area (Å²) in [4.78, 5) is 21.3. The van der Waals surface area contributed by atoms with E-state index in [1.165, 1.54) is 19.3 Å². The molecule has 0 aromatic heterocycles. The Balaban J connectivity index is 3.48. The molecule has 0 aromatic carbocycles. The fraction of sp³-hybridized carbons (Fsp3) is 0.818. The highest BCUT2D eigenvalue weighted by Crippen LogP contribution is 2.12. The molecule has 0 saturated carbocycles. The van der Waals surface area contributed by atoms with E-state index in [4.69, 9.17) is 0 Å². The third-order valence-electron chi connectivity index (χ3n) is 2.17. The second-order valence-electron chi connectivity index (χ2n) is 3.65. The number of Topliss-reactive ketones (excluding diaryl/α,β-unsaturated/α-hetero) is 1. The van der Waals surface area contributed by atoms with Crippen molar-refractivity contribution < 1.29 is 9.59 Å². The van der Waals surface area contributed by atoms with Crippen molar-refractivity contribution in [1.82, 2.24) is 0 Å². The van der Waals surface area contributed by atoms with Gasteiger partial charge in [0.05, 0.1) is 0 Å². The van der Waals surface area contributed by atoms with Crippen LogP contribution in [0, 0.1) is 5.92 Å². The first-order valence-corrected chi connectivity index (χ1v) is 5.15. The predicted molar refractivity (Wildman–Crippen MR) is 53.6 cm³/mol. The summed E-state index contributed by atoms with van der Waals surface area (Å²) in [6, 6.07) is 0. The zero-order valence-corrected chi connectivity index (χ0v) is 8.71. The molecule has 0 saturated heterocycles. The van der Waals surface area contributed by atoms with Gasteiger partial charge < -0.3 is 9.59 Å². The fourth-order valence-electron chi connectivity index (χ4n) is 1.42. The summed E-state index contributed by atoms with van der Waals surface area (Å²) in [5.74, 6) is 0.0851. The number of rotatable bonds is 8. The van der Waals surface area contributed by atoms with E-state index in [0.29, 0.717) is 6.42 Å². The number of aldehydes is 1. The van der Waals surface area contributed by atoms with Gasteiger partial charge in [-0.3, -0.25) is 0 Å². The summed E-state index contributed by atoms with van der Waals surface area (Å²) in [6.07, 6.45) is 6.92. The second-order valence-corrected chi connectivity index (χ2v) is 3.65. The number of carbonyl (C=O) groups is 2. The molecular formula is C11H20O2. The van der Waals surface area contributed by atoms with Crippen LogP contribution in [0.3, 0.4) is 0 Å². The molecule has 0 aliphatic carbocycles. The largest absolute Gasteiger partial charge is 0.303 e. The summed E-state index contributed by atoms with van der Waals surface area (Å²) < 4.78 is 0. The molecule has 2 heteroatoms. The lowest BCUT2D eigenvalue weighted by Gasteiger charge is -2.06. The molecule has 0 radical (unpaired) electrons. The first-order valence-electron chi connectivity index (χ1n) is 5.15.